The Morgan fingerprint density at radius 1 is 1.36 bits per heavy atom. The molecule has 1 aromatic heterocycles. The molecule has 0 radical (unpaired) electrons. The number of nitrogen functional groups attached to an aromatic ring is 1. The van der Waals surface area contributed by atoms with Gasteiger partial charge in [-0.3, -0.25) is 0 Å². The van der Waals surface area contributed by atoms with Gasteiger partial charge in [-0.05, 0) is 33.6 Å². The molecule has 0 spiro atoms. The minimum atomic E-state index is -0.480. The molecule has 1 amide bonds. The maximum absolute atomic E-state index is 12.0. The summed E-state index contributed by atoms with van der Waals surface area (Å²) in [6.45, 7) is 6.80. The average molecular weight is 329 g/mol. The predicted octanol–water partition coefficient (Wildman–Crippen LogP) is 1.92. The molecule has 0 aromatic carbocycles. The van der Waals surface area contributed by atoms with E-state index in [1.165, 1.54) is 0 Å². The molecule has 0 bridgehead atoms. The van der Waals surface area contributed by atoms with Gasteiger partial charge in [0.1, 0.15) is 5.60 Å². The lowest BCUT2D eigenvalue weighted by Crippen LogP contribution is -2.44. The lowest BCUT2D eigenvalue weighted by molar-refractivity contribution is 0.0210. The van der Waals surface area contributed by atoms with Gasteiger partial charge in [-0.25, -0.2) is 4.79 Å². The normalized spacial score (nSPS) is 16.5. The number of anilines is 2. The van der Waals surface area contributed by atoms with Crippen LogP contribution in [0.25, 0.3) is 0 Å². The summed E-state index contributed by atoms with van der Waals surface area (Å²) in [4.78, 5) is 17.7. The number of hydrogen-bond acceptors (Lipinski definition) is 7. The van der Waals surface area contributed by atoms with Gasteiger partial charge < -0.3 is 20.7 Å². The lowest BCUT2D eigenvalue weighted by atomic mass is 10.1. The molecule has 0 unspecified atom stereocenters. The van der Waals surface area contributed by atoms with Crippen LogP contribution in [0.15, 0.2) is 0 Å². The van der Waals surface area contributed by atoms with E-state index in [9.17, 15) is 4.79 Å². The Balaban J connectivity index is 1.84. The third-order valence-corrected chi connectivity index (χ3v) is 3.42. The summed E-state index contributed by atoms with van der Waals surface area (Å²) in [7, 11) is 0. The summed E-state index contributed by atoms with van der Waals surface area (Å²) < 4.78 is 5.36. The van der Waals surface area contributed by atoms with E-state index in [4.69, 9.17) is 22.1 Å². The highest BCUT2D eigenvalue weighted by molar-refractivity contribution is 6.31. The fraction of sp³-hybridized carbons (Fsp3) is 0.692. The summed E-state index contributed by atoms with van der Waals surface area (Å²) in [6.07, 6.45) is 1.26. The minimum absolute atomic E-state index is 0.0882. The first-order chi connectivity index (χ1) is 10.2. The molecule has 1 aliphatic heterocycles. The molecule has 0 saturated carbocycles. The number of nitrogens with zero attached hydrogens (tertiary/aromatic N) is 4. The number of carbonyl (C=O) groups excluding carboxylic acids is 1. The zero-order chi connectivity index (χ0) is 16.3. The highest BCUT2D eigenvalue weighted by Gasteiger charge is 2.27. The highest BCUT2D eigenvalue weighted by atomic mass is 35.5. The van der Waals surface area contributed by atoms with Gasteiger partial charge in [0, 0.05) is 19.1 Å². The van der Waals surface area contributed by atoms with E-state index in [0.29, 0.717) is 19.0 Å². The Hall–Kier alpha value is -1.83. The van der Waals surface area contributed by atoms with Crippen molar-refractivity contribution in [3.8, 4) is 0 Å². The van der Waals surface area contributed by atoms with Crippen LogP contribution in [0.4, 0.5) is 16.6 Å². The Labute approximate surface area is 134 Å². The summed E-state index contributed by atoms with van der Waals surface area (Å²) in [5.74, 6) is 0.489. The van der Waals surface area contributed by atoms with E-state index < -0.39 is 5.60 Å². The van der Waals surface area contributed by atoms with Gasteiger partial charge in [-0.15, -0.1) is 10.2 Å². The SMILES string of the molecule is CC(C)(C)OC(=O)N1CCC(Nc2nnc(Cl)c(N)n2)CC1. The van der Waals surface area contributed by atoms with Gasteiger partial charge in [0.05, 0.1) is 0 Å². The summed E-state index contributed by atoms with van der Waals surface area (Å²) in [5.41, 5.74) is 5.11. The second-order valence-corrected chi connectivity index (χ2v) is 6.56. The van der Waals surface area contributed by atoms with Crippen LogP contribution in [0.3, 0.4) is 0 Å². The standard InChI is InChI=1S/C13H21ClN6O2/c1-13(2,3)22-12(21)20-6-4-8(5-7-20)16-11-17-10(15)9(14)18-19-11/h8H,4-7H2,1-3H3,(H3,15,16,17,19). The Kier molecular flexibility index (Phi) is 4.90. The van der Waals surface area contributed by atoms with E-state index in [1.54, 1.807) is 4.90 Å². The molecule has 3 N–H and O–H groups in total. The first-order valence-electron chi connectivity index (χ1n) is 7.15. The van der Waals surface area contributed by atoms with Gasteiger partial charge in [0.15, 0.2) is 11.0 Å². The number of rotatable bonds is 2. The summed E-state index contributed by atoms with van der Waals surface area (Å²) >= 11 is 5.68. The Morgan fingerprint density at radius 3 is 2.55 bits per heavy atom. The van der Waals surface area contributed by atoms with Crippen LogP contribution in [0.2, 0.25) is 5.15 Å². The second-order valence-electron chi connectivity index (χ2n) is 6.20. The number of nitrogens with two attached hydrogens (primary N) is 1. The first kappa shape index (κ1) is 16.5. The largest absolute Gasteiger partial charge is 0.444 e. The van der Waals surface area contributed by atoms with Crippen molar-refractivity contribution < 1.29 is 9.53 Å². The van der Waals surface area contributed by atoms with Crippen LogP contribution in [0, 0.1) is 0 Å². The number of aromatic nitrogens is 3. The summed E-state index contributed by atoms with van der Waals surface area (Å²) in [6, 6.07) is 0.154. The summed E-state index contributed by atoms with van der Waals surface area (Å²) in [5, 5.41) is 10.8. The Morgan fingerprint density at radius 2 is 2.00 bits per heavy atom. The molecule has 22 heavy (non-hydrogen) atoms. The first-order valence-corrected chi connectivity index (χ1v) is 7.52. The average Bonchev–Trinajstić information content (AvgIpc) is 2.42. The maximum atomic E-state index is 12.0. The molecule has 1 saturated heterocycles. The maximum Gasteiger partial charge on any atom is 0.410 e. The Bertz CT molecular complexity index is 540. The number of likely N-dealkylation sites (tertiary alicyclic amines) is 1. The highest BCUT2D eigenvalue weighted by Crippen LogP contribution is 2.18. The number of amides is 1. The molecule has 122 valence electrons. The van der Waals surface area contributed by atoms with Crippen molar-refractivity contribution in [2.45, 2.75) is 45.3 Å². The van der Waals surface area contributed by atoms with E-state index in [0.717, 1.165) is 12.8 Å². The zero-order valence-electron chi connectivity index (χ0n) is 13.0. The van der Waals surface area contributed by atoms with Gasteiger partial charge in [-0.1, -0.05) is 11.6 Å². The number of hydrogen-bond donors (Lipinski definition) is 2. The molecule has 1 aliphatic rings. The van der Waals surface area contributed by atoms with Crippen molar-refractivity contribution in [3.05, 3.63) is 5.15 Å². The van der Waals surface area contributed by atoms with E-state index in [2.05, 4.69) is 20.5 Å². The van der Waals surface area contributed by atoms with Crippen LogP contribution in [-0.4, -0.2) is 50.9 Å². The van der Waals surface area contributed by atoms with Gasteiger partial charge in [0.2, 0.25) is 5.95 Å². The van der Waals surface area contributed by atoms with Crippen LogP contribution >= 0.6 is 11.6 Å². The van der Waals surface area contributed by atoms with Crippen molar-refractivity contribution in [2.75, 3.05) is 24.1 Å². The molecule has 1 fully saturated rings. The van der Waals surface area contributed by atoms with Gasteiger partial charge >= 0.3 is 6.09 Å². The predicted molar refractivity (Wildman–Crippen MR) is 83.7 cm³/mol. The smallest absolute Gasteiger partial charge is 0.410 e. The molecule has 1 aromatic rings. The molecule has 0 atom stereocenters. The minimum Gasteiger partial charge on any atom is -0.444 e. The lowest BCUT2D eigenvalue weighted by Gasteiger charge is -2.33. The second kappa shape index (κ2) is 6.51. The molecule has 8 nitrogen and oxygen atoms in total. The van der Waals surface area contributed by atoms with Crippen molar-refractivity contribution in [1.29, 1.82) is 0 Å². The number of nitrogens with one attached hydrogen (secondary N) is 1. The van der Waals surface area contributed by atoms with Crippen LogP contribution in [-0.2, 0) is 4.74 Å². The number of halogens is 1. The molecular formula is C13H21ClN6O2. The molecule has 2 heterocycles. The van der Waals surface area contributed by atoms with Crippen LogP contribution in [0.5, 0.6) is 0 Å². The molecule has 0 aliphatic carbocycles. The third-order valence-electron chi connectivity index (χ3n) is 3.15. The van der Waals surface area contributed by atoms with Gasteiger partial charge in [-0.2, -0.15) is 4.98 Å². The van der Waals surface area contributed by atoms with Gasteiger partial charge in [0.25, 0.3) is 0 Å². The quantitative estimate of drug-likeness (QED) is 0.854. The van der Waals surface area contributed by atoms with Crippen LogP contribution in [0.1, 0.15) is 33.6 Å². The number of piperidine rings is 1. The molecule has 9 heteroatoms. The number of carbonyl (C=O) groups is 1. The third kappa shape index (κ3) is 4.59. The fourth-order valence-electron chi connectivity index (χ4n) is 2.10. The molecule has 2 rings (SSSR count). The van der Waals surface area contributed by atoms with E-state index in [-0.39, 0.29) is 23.1 Å². The van der Waals surface area contributed by atoms with Crippen molar-refractivity contribution >= 4 is 29.5 Å². The monoisotopic (exact) mass is 328 g/mol. The van der Waals surface area contributed by atoms with Crippen molar-refractivity contribution in [2.24, 2.45) is 0 Å². The fourth-order valence-corrected chi connectivity index (χ4v) is 2.18. The zero-order valence-corrected chi connectivity index (χ0v) is 13.7. The topological polar surface area (TPSA) is 106 Å². The van der Waals surface area contributed by atoms with Crippen molar-refractivity contribution in [1.82, 2.24) is 20.1 Å². The van der Waals surface area contributed by atoms with Crippen LogP contribution < -0.4 is 11.1 Å². The van der Waals surface area contributed by atoms with E-state index in [1.807, 2.05) is 20.8 Å². The van der Waals surface area contributed by atoms with Crippen molar-refractivity contribution in [3.63, 3.8) is 0 Å². The van der Waals surface area contributed by atoms with E-state index >= 15 is 0 Å². The molecular weight excluding hydrogens is 308 g/mol. The number of ether oxygens (including phenoxy) is 1.